The van der Waals surface area contributed by atoms with Gasteiger partial charge in [-0.2, -0.15) is 10.2 Å². The van der Waals surface area contributed by atoms with Gasteiger partial charge in [-0.25, -0.2) is 4.68 Å². The van der Waals surface area contributed by atoms with E-state index < -0.39 is 0 Å². The Labute approximate surface area is 173 Å². The second kappa shape index (κ2) is 6.32. The predicted octanol–water partition coefficient (Wildman–Crippen LogP) is 5.55. The van der Waals surface area contributed by atoms with Crippen molar-refractivity contribution >= 4 is 32.7 Å². The van der Waals surface area contributed by atoms with Crippen LogP contribution in [0.1, 0.15) is 6.92 Å². The third-order valence-electron chi connectivity index (χ3n) is 6.00. The maximum absolute atomic E-state index is 4.65. The first-order valence-electron chi connectivity index (χ1n) is 10.2. The molecule has 0 bridgehead atoms. The highest BCUT2D eigenvalue weighted by Gasteiger charge is 2.13. The van der Waals surface area contributed by atoms with Crippen molar-refractivity contribution in [1.82, 2.24) is 24.1 Å². The number of rotatable bonds is 3. The summed E-state index contributed by atoms with van der Waals surface area (Å²) in [6, 6.07) is 23.7. The van der Waals surface area contributed by atoms with Crippen molar-refractivity contribution in [3.63, 3.8) is 0 Å². The monoisotopic (exact) mass is 391 g/mol. The average molecular weight is 391 g/mol. The molecule has 3 aromatic heterocycles. The van der Waals surface area contributed by atoms with Crippen LogP contribution in [-0.4, -0.2) is 24.1 Å². The lowest BCUT2D eigenvalue weighted by Gasteiger charge is -2.09. The molecule has 5 heteroatoms. The van der Waals surface area contributed by atoms with Crippen LogP contribution >= 0.6 is 0 Å². The summed E-state index contributed by atoms with van der Waals surface area (Å²) < 4.78 is 6.29. The quantitative estimate of drug-likeness (QED) is 0.397. The van der Waals surface area contributed by atoms with E-state index in [9.17, 15) is 0 Å². The maximum Gasteiger partial charge on any atom is 0.0741 e. The van der Waals surface area contributed by atoms with Crippen molar-refractivity contribution < 1.29 is 0 Å². The van der Waals surface area contributed by atoms with E-state index in [0.717, 1.165) is 34.4 Å². The zero-order valence-electron chi connectivity index (χ0n) is 16.9. The molecule has 30 heavy (non-hydrogen) atoms. The number of aromatic nitrogens is 5. The summed E-state index contributed by atoms with van der Waals surface area (Å²) in [5, 5.41) is 12.7. The first-order chi connectivity index (χ1) is 14.7. The number of hydrogen-bond donors (Lipinski definition) is 0. The van der Waals surface area contributed by atoms with Gasteiger partial charge in [0.15, 0.2) is 0 Å². The van der Waals surface area contributed by atoms with Crippen molar-refractivity contribution in [3.8, 4) is 16.9 Å². The standard InChI is InChI=1S/C25H21N5/c1-3-29-24-7-5-4-6-20(24)21-15-19(9-11-25(21)29)30-23(12-13-26-30)17-8-10-22-18(14-17)16-27-28(22)2/h4-16H,3H2,1-2H3. The molecule has 146 valence electrons. The Morgan fingerprint density at radius 2 is 1.63 bits per heavy atom. The lowest BCUT2D eigenvalue weighted by molar-refractivity contribution is 0.797. The molecule has 0 saturated heterocycles. The number of hydrogen-bond acceptors (Lipinski definition) is 2. The number of aryl methyl sites for hydroxylation is 2. The molecule has 0 saturated carbocycles. The summed E-state index contributed by atoms with van der Waals surface area (Å²) in [7, 11) is 1.97. The Bertz CT molecular complexity index is 1550. The maximum atomic E-state index is 4.65. The third kappa shape index (κ3) is 2.35. The fourth-order valence-electron chi connectivity index (χ4n) is 4.56. The summed E-state index contributed by atoms with van der Waals surface area (Å²) >= 11 is 0. The van der Waals surface area contributed by atoms with Gasteiger partial charge < -0.3 is 4.57 Å². The molecule has 0 spiro atoms. The fraction of sp³-hybridized carbons (Fsp3) is 0.120. The van der Waals surface area contributed by atoms with Crippen molar-refractivity contribution in [1.29, 1.82) is 0 Å². The average Bonchev–Trinajstić information content (AvgIpc) is 3.49. The first-order valence-corrected chi connectivity index (χ1v) is 10.2. The normalized spacial score (nSPS) is 11.8. The van der Waals surface area contributed by atoms with Gasteiger partial charge in [-0.3, -0.25) is 4.68 Å². The summed E-state index contributed by atoms with van der Waals surface area (Å²) in [5.41, 5.74) is 6.91. The van der Waals surface area contributed by atoms with Crippen LogP contribution < -0.4 is 0 Å². The molecule has 5 nitrogen and oxygen atoms in total. The number of fused-ring (bicyclic) bond motifs is 4. The van der Waals surface area contributed by atoms with Gasteiger partial charge in [0.2, 0.25) is 0 Å². The van der Waals surface area contributed by atoms with E-state index in [1.165, 1.54) is 21.8 Å². The lowest BCUT2D eigenvalue weighted by atomic mass is 10.1. The highest BCUT2D eigenvalue weighted by molar-refractivity contribution is 6.08. The molecular formula is C25H21N5. The van der Waals surface area contributed by atoms with Crippen molar-refractivity contribution in [2.24, 2.45) is 7.05 Å². The van der Waals surface area contributed by atoms with E-state index in [0.29, 0.717) is 0 Å². The number of benzene rings is 3. The van der Waals surface area contributed by atoms with Crippen molar-refractivity contribution in [2.75, 3.05) is 0 Å². The Hall–Kier alpha value is -3.86. The molecule has 6 rings (SSSR count). The summed E-state index contributed by atoms with van der Waals surface area (Å²) in [6.07, 6.45) is 3.77. The molecular weight excluding hydrogens is 370 g/mol. The zero-order chi connectivity index (χ0) is 20.2. The summed E-state index contributed by atoms with van der Waals surface area (Å²) in [6.45, 7) is 3.14. The zero-order valence-corrected chi connectivity index (χ0v) is 16.9. The van der Waals surface area contributed by atoms with Crippen LogP contribution in [-0.2, 0) is 13.6 Å². The molecule has 3 aromatic carbocycles. The molecule has 0 atom stereocenters. The largest absolute Gasteiger partial charge is 0.341 e. The van der Waals surface area contributed by atoms with Gasteiger partial charge in [0, 0.05) is 46.3 Å². The minimum absolute atomic E-state index is 0.946. The molecule has 0 amide bonds. The van der Waals surface area contributed by atoms with Gasteiger partial charge in [0.05, 0.1) is 29.3 Å². The van der Waals surface area contributed by atoms with Gasteiger partial charge in [0.25, 0.3) is 0 Å². The molecule has 0 aliphatic heterocycles. The smallest absolute Gasteiger partial charge is 0.0741 e. The molecule has 0 unspecified atom stereocenters. The topological polar surface area (TPSA) is 40.6 Å². The molecule has 0 fully saturated rings. The minimum atomic E-state index is 0.946. The van der Waals surface area contributed by atoms with Gasteiger partial charge in [0.1, 0.15) is 0 Å². The molecule has 3 heterocycles. The molecule has 0 radical (unpaired) electrons. The van der Waals surface area contributed by atoms with E-state index in [1.54, 1.807) is 0 Å². The predicted molar refractivity (Wildman–Crippen MR) is 122 cm³/mol. The van der Waals surface area contributed by atoms with Crippen molar-refractivity contribution in [2.45, 2.75) is 13.5 Å². The van der Waals surface area contributed by atoms with Gasteiger partial charge in [-0.15, -0.1) is 0 Å². The highest BCUT2D eigenvalue weighted by atomic mass is 15.3. The van der Waals surface area contributed by atoms with Crippen LogP contribution in [0.3, 0.4) is 0 Å². The summed E-state index contributed by atoms with van der Waals surface area (Å²) in [5.74, 6) is 0. The molecule has 6 aromatic rings. The Morgan fingerprint density at radius 3 is 2.53 bits per heavy atom. The molecule has 0 aliphatic carbocycles. The second-order valence-corrected chi connectivity index (χ2v) is 7.63. The van der Waals surface area contributed by atoms with Crippen LogP contribution in [0.5, 0.6) is 0 Å². The fourth-order valence-corrected chi connectivity index (χ4v) is 4.56. The Balaban J connectivity index is 1.55. The summed E-state index contributed by atoms with van der Waals surface area (Å²) in [4.78, 5) is 0. The van der Waals surface area contributed by atoms with Crippen LogP contribution in [0.25, 0.3) is 49.7 Å². The lowest BCUT2D eigenvalue weighted by Crippen LogP contribution is -1.99. The van der Waals surface area contributed by atoms with E-state index in [1.807, 2.05) is 28.8 Å². The first kappa shape index (κ1) is 17.0. The minimum Gasteiger partial charge on any atom is -0.341 e. The van der Waals surface area contributed by atoms with Gasteiger partial charge in [-0.05, 0) is 49.4 Å². The molecule has 0 N–H and O–H groups in total. The van der Waals surface area contributed by atoms with Crippen LogP contribution in [0.15, 0.2) is 79.1 Å². The van der Waals surface area contributed by atoms with E-state index >= 15 is 0 Å². The van der Waals surface area contributed by atoms with Crippen LogP contribution in [0.4, 0.5) is 0 Å². The molecule has 0 aliphatic rings. The number of nitrogens with zero attached hydrogens (tertiary/aromatic N) is 5. The van der Waals surface area contributed by atoms with Crippen molar-refractivity contribution in [3.05, 3.63) is 79.1 Å². The highest BCUT2D eigenvalue weighted by Crippen LogP contribution is 2.32. The SMILES string of the molecule is CCn1c2ccccc2c2cc(-n3nccc3-c3ccc4c(cnn4C)c3)ccc21. The number of para-hydroxylation sites is 1. The Kier molecular flexibility index (Phi) is 3.59. The van der Waals surface area contributed by atoms with Gasteiger partial charge >= 0.3 is 0 Å². The van der Waals surface area contributed by atoms with E-state index in [4.69, 9.17) is 0 Å². The van der Waals surface area contributed by atoms with Gasteiger partial charge in [-0.1, -0.05) is 24.3 Å². The van der Waals surface area contributed by atoms with Crippen LogP contribution in [0.2, 0.25) is 0 Å². The Morgan fingerprint density at radius 1 is 0.800 bits per heavy atom. The van der Waals surface area contributed by atoms with E-state index in [-0.39, 0.29) is 0 Å². The van der Waals surface area contributed by atoms with E-state index in [2.05, 4.69) is 88.4 Å². The second-order valence-electron chi connectivity index (χ2n) is 7.63. The third-order valence-corrected chi connectivity index (χ3v) is 6.00. The van der Waals surface area contributed by atoms with Crippen LogP contribution in [0, 0.1) is 0 Å².